The summed E-state index contributed by atoms with van der Waals surface area (Å²) in [6.07, 6.45) is 1.97. The van der Waals surface area contributed by atoms with Gasteiger partial charge in [0.05, 0.1) is 14.2 Å². The van der Waals surface area contributed by atoms with Crippen molar-refractivity contribution in [3.63, 3.8) is 0 Å². The second-order valence-corrected chi connectivity index (χ2v) is 26.4. The van der Waals surface area contributed by atoms with Gasteiger partial charge in [-0.3, -0.25) is 0 Å². The van der Waals surface area contributed by atoms with E-state index in [1.54, 1.807) is 313 Å². The summed E-state index contributed by atoms with van der Waals surface area (Å²) in [5, 5.41) is 89.6. The molecule has 0 radical (unpaired) electrons. The molecule has 0 saturated carbocycles. The maximum absolute atomic E-state index is 6.30. The molecule has 72 heavy (non-hydrogen) atoms. The molecular weight excluding hydrogens is 873 g/mol. The minimum Gasteiger partial charge on any atom is -0.493 e. The van der Waals surface area contributed by atoms with Crippen molar-refractivity contribution < 1.29 is 9.47 Å². The summed E-state index contributed by atoms with van der Waals surface area (Å²) in [5.74, 6) is 1.74. The van der Waals surface area contributed by atoms with E-state index in [-0.39, 0.29) is 10.8 Å². The third-order valence-corrected chi connectivity index (χ3v) is 26.3. The Morgan fingerprint density at radius 1 is 0.208 bits per heavy atom. The van der Waals surface area contributed by atoms with E-state index >= 15 is 0 Å². The zero-order valence-electron chi connectivity index (χ0n) is 37.4. The van der Waals surface area contributed by atoms with E-state index in [0.717, 1.165) is 24.3 Å². The van der Waals surface area contributed by atoms with Crippen molar-refractivity contribution in [2.24, 2.45) is 0 Å². The molecule has 304 valence electrons. The quantitative estimate of drug-likeness (QED) is 0.161. The van der Waals surface area contributed by atoms with Crippen molar-refractivity contribution in [2.45, 2.75) is 23.7 Å². The molecule has 0 N–H and O–H groups in total. The molecule has 2 spiro atoms. The Kier molecular flexibility index (Phi) is 2.30. The van der Waals surface area contributed by atoms with Gasteiger partial charge in [-0.2, -0.15) is 0 Å². The van der Waals surface area contributed by atoms with Crippen LogP contribution in [0.25, 0.3) is 291 Å². The summed E-state index contributed by atoms with van der Waals surface area (Å²) in [4.78, 5) is 0. The van der Waals surface area contributed by atoms with E-state index in [1.165, 1.54) is 11.1 Å². The fourth-order valence-corrected chi connectivity index (χ4v) is 26.1. The van der Waals surface area contributed by atoms with Gasteiger partial charge in [0, 0.05) is 10.8 Å². The van der Waals surface area contributed by atoms with Gasteiger partial charge in [0.1, 0.15) is 0 Å². The van der Waals surface area contributed by atoms with Crippen LogP contribution in [0.15, 0.2) is 12.1 Å². The first-order valence-electron chi connectivity index (χ1n) is 26.8. The van der Waals surface area contributed by atoms with Gasteiger partial charge >= 0.3 is 0 Å². The lowest BCUT2D eigenvalue weighted by molar-refractivity contribution is 0.294. The first-order valence-corrected chi connectivity index (χ1v) is 26.8. The Bertz CT molecular complexity index is 6890. The van der Waals surface area contributed by atoms with Crippen LogP contribution < -0.4 is 9.47 Å². The predicted molar refractivity (Wildman–Crippen MR) is 301 cm³/mol. The Labute approximate surface area is 393 Å². The fraction of sp³-hybridized carbons (Fsp3) is 0.0857. The van der Waals surface area contributed by atoms with Crippen molar-refractivity contribution >= 4 is 291 Å². The molecule has 0 heterocycles. The van der Waals surface area contributed by atoms with Crippen molar-refractivity contribution in [1.82, 2.24) is 0 Å². The van der Waals surface area contributed by atoms with Gasteiger partial charge in [-0.25, -0.2) is 0 Å². The molecule has 0 aromatic heterocycles. The van der Waals surface area contributed by atoms with Crippen LogP contribution >= 0.6 is 0 Å². The molecule has 34 rings (SSSR count). The van der Waals surface area contributed by atoms with Crippen LogP contribution in [0.5, 0.6) is 11.5 Å². The molecule has 0 fully saturated rings. The monoisotopic (exact) mass is 884 g/mol. The maximum Gasteiger partial charge on any atom is 0.161 e. The van der Waals surface area contributed by atoms with Crippen LogP contribution in [0.4, 0.5) is 0 Å². The average molecular weight is 885 g/mol. The lowest BCUT2D eigenvalue weighted by atomic mass is 9.43. The van der Waals surface area contributed by atoms with E-state index in [4.69, 9.17) is 9.47 Å². The van der Waals surface area contributed by atoms with Gasteiger partial charge in [0.15, 0.2) is 11.5 Å². The smallest absolute Gasteiger partial charge is 0.161 e. The first kappa shape index (κ1) is 27.0. The standard InChI is InChI=1S/C70H12O2/c1-71-9-3-7-5-69-65-57-49-39-29-21-13-11-12-15-19-17(13)25-33-27(19)37-31-23(15)24-16(12)20-18-14(11)22(21)30-36-26(18)34-28(20)38-32(24)42-41(31)51-45(37)55-47(33)53(43(49)35(25)29)61(65)63(55)67-59(51)60-52(42)46(38)56-48(34)54-44(36)50(40(30)39)58(57)66(69)62(54)64(56)68(60)70(67,69)6-8(7)4-10(9)72-2/h3-4H,5-6H2,1-2H3. The average Bonchev–Trinajstić information content (AvgIpc) is 4.30. The minimum atomic E-state index is -0.287. The van der Waals surface area contributed by atoms with Gasteiger partial charge < -0.3 is 9.47 Å². The van der Waals surface area contributed by atoms with Crippen LogP contribution in [-0.4, -0.2) is 14.2 Å². The largest absolute Gasteiger partial charge is 0.493 e. The molecule has 29 aromatic carbocycles. The van der Waals surface area contributed by atoms with Crippen molar-refractivity contribution in [3.05, 3.63) is 45.5 Å². The highest BCUT2D eigenvalue weighted by molar-refractivity contribution is 6.82. The fourth-order valence-electron chi connectivity index (χ4n) is 26.1. The second-order valence-electron chi connectivity index (χ2n) is 26.4. The topological polar surface area (TPSA) is 18.5 Å². The normalized spacial score (nSPS) is 22.0. The van der Waals surface area contributed by atoms with Gasteiger partial charge in [-0.1, -0.05) is 0 Å². The Balaban J connectivity index is 1.15. The first-order chi connectivity index (χ1) is 35.8. The Morgan fingerprint density at radius 2 is 0.333 bits per heavy atom. The van der Waals surface area contributed by atoms with Crippen LogP contribution in [0, 0.1) is 0 Å². The zero-order valence-corrected chi connectivity index (χ0v) is 37.4. The molecule has 0 unspecified atom stereocenters. The number of methoxy groups -OCH3 is 2. The minimum absolute atomic E-state index is 0.287. The predicted octanol–water partition coefficient (Wildman–Crippen LogP) is 18.1. The zero-order chi connectivity index (χ0) is 43.0. The van der Waals surface area contributed by atoms with E-state index in [1.807, 2.05) is 14.2 Å². The van der Waals surface area contributed by atoms with Crippen molar-refractivity contribution in [2.75, 3.05) is 14.2 Å². The summed E-state index contributed by atoms with van der Waals surface area (Å²) in [5.41, 5.74) is 9.36. The molecule has 2 heteroatoms. The lowest BCUT2D eigenvalue weighted by Gasteiger charge is -2.57. The molecule has 0 saturated heterocycles. The highest BCUT2D eigenvalue weighted by Crippen LogP contribution is 2.85. The van der Waals surface area contributed by atoms with Crippen LogP contribution in [0.1, 0.15) is 33.4 Å². The lowest BCUT2D eigenvalue weighted by Crippen LogP contribution is -2.56. The van der Waals surface area contributed by atoms with E-state index in [2.05, 4.69) is 12.1 Å². The summed E-state index contributed by atoms with van der Waals surface area (Å²) in [6.45, 7) is 0. The van der Waals surface area contributed by atoms with Crippen LogP contribution in [-0.2, 0) is 23.7 Å². The maximum atomic E-state index is 6.30. The summed E-state index contributed by atoms with van der Waals surface area (Å²) in [7, 11) is 3.70. The summed E-state index contributed by atoms with van der Waals surface area (Å²) < 4.78 is 12.6. The molecule has 2 nitrogen and oxygen atoms in total. The molecule has 0 bridgehead atoms. The summed E-state index contributed by atoms with van der Waals surface area (Å²) >= 11 is 0. The molecule has 0 aliphatic heterocycles. The SMILES string of the molecule is COc1cc2c(cc1OC)CC13c4c5c6c7c8c9c(c%10c%11c1c1c4c4c%12c5c5c6c6c8c8c%13c9c9c%10c%10c%11c%11c1c1c4c4c%12c%12c5c5c6c8c6c8c%13c9c9c%10c%10c%11c1c1c4c4c%12c5c6c5c8c9c%10c1c45)C73C2. The highest BCUT2D eigenvalue weighted by Gasteiger charge is 2.70. The number of hydrogen-bond donors (Lipinski definition) is 0. The van der Waals surface area contributed by atoms with Gasteiger partial charge in [-0.05, 0) is 349 Å². The third kappa shape index (κ3) is 1.43. The number of rotatable bonds is 2. The van der Waals surface area contributed by atoms with Gasteiger partial charge in [-0.15, -0.1) is 0 Å². The van der Waals surface area contributed by atoms with Gasteiger partial charge in [0.25, 0.3) is 0 Å². The Morgan fingerprint density at radius 3 is 0.458 bits per heavy atom. The highest BCUT2D eigenvalue weighted by atomic mass is 16.5. The van der Waals surface area contributed by atoms with E-state index in [0.29, 0.717) is 0 Å². The number of hydrogen-bond acceptors (Lipinski definition) is 2. The Hall–Kier alpha value is -8.72. The van der Waals surface area contributed by atoms with Crippen LogP contribution in [0.3, 0.4) is 0 Å². The molecule has 0 atom stereocenters. The number of ether oxygens (including phenoxy) is 2. The molecular formula is C70H12O2. The van der Waals surface area contributed by atoms with Crippen molar-refractivity contribution in [3.8, 4) is 11.5 Å². The summed E-state index contributed by atoms with van der Waals surface area (Å²) in [6, 6.07) is 4.88. The number of benzene rings is 19. The van der Waals surface area contributed by atoms with Crippen LogP contribution in [0.2, 0.25) is 0 Å². The second kappa shape index (κ2) is 6.13. The third-order valence-electron chi connectivity index (χ3n) is 26.3. The molecule has 0 amide bonds. The number of fused-ring (bicyclic) bond motifs is 1. The van der Waals surface area contributed by atoms with E-state index < -0.39 is 0 Å². The molecule has 5 aliphatic rings. The van der Waals surface area contributed by atoms with E-state index in [9.17, 15) is 0 Å². The van der Waals surface area contributed by atoms with Gasteiger partial charge in [0.2, 0.25) is 0 Å². The molecule has 5 aliphatic carbocycles. The molecule has 29 aromatic rings. The van der Waals surface area contributed by atoms with Crippen molar-refractivity contribution in [1.29, 1.82) is 0 Å².